The molecule has 0 unspecified atom stereocenters. The average Bonchev–Trinajstić information content (AvgIpc) is 3.33. The van der Waals surface area contributed by atoms with Crippen LogP contribution in [0.15, 0.2) is 46.5 Å². The smallest absolute Gasteiger partial charge is 0.254 e. The van der Waals surface area contributed by atoms with Crippen LogP contribution in [0.1, 0.15) is 34.3 Å². The Labute approximate surface area is 135 Å². The van der Waals surface area contributed by atoms with Crippen LogP contribution in [-0.4, -0.2) is 17.4 Å². The fourth-order valence-electron chi connectivity index (χ4n) is 2.19. The van der Waals surface area contributed by atoms with E-state index in [4.69, 9.17) is 0 Å². The molecule has 22 heavy (non-hydrogen) atoms. The highest BCUT2D eigenvalue weighted by molar-refractivity contribution is 7.99. The van der Waals surface area contributed by atoms with Gasteiger partial charge in [-0.05, 0) is 68.0 Å². The average molecular weight is 312 g/mol. The van der Waals surface area contributed by atoms with E-state index in [2.05, 4.69) is 42.3 Å². The first kappa shape index (κ1) is 15.1. The minimum Gasteiger partial charge on any atom is -0.352 e. The lowest BCUT2D eigenvalue weighted by atomic mass is 10.1. The van der Waals surface area contributed by atoms with Gasteiger partial charge in [-0.15, -0.1) is 0 Å². The van der Waals surface area contributed by atoms with Gasteiger partial charge in [0.15, 0.2) is 0 Å². The van der Waals surface area contributed by atoms with Crippen LogP contribution < -0.4 is 5.32 Å². The maximum absolute atomic E-state index is 12.3. The third kappa shape index (κ3) is 3.69. The van der Waals surface area contributed by atoms with Crippen LogP contribution >= 0.6 is 11.8 Å². The molecule has 4 heteroatoms. The van der Waals surface area contributed by atoms with Crippen molar-refractivity contribution < 1.29 is 4.79 Å². The highest BCUT2D eigenvalue weighted by Crippen LogP contribution is 2.30. The van der Waals surface area contributed by atoms with E-state index >= 15 is 0 Å². The molecule has 0 atom stereocenters. The molecule has 1 saturated carbocycles. The van der Waals surface area contributed by atoms with E-state index < -0.39 is 0 Å². The molecule has 0 spiro atoms. The SMILES string of the molecule is Cc1ccc(Sc2ncccc2C(=O)NCC2CC2)cc1C. The molecule has 1 aromatic heterocycles. The number of nitrogens with zero attached hydrogens (tertiary/aromatic N) is 1. The molecule has 1 aliphatic carbocycles. The van der Waals surface area contributed by atoms with Gasteiger partial charge in [-0.1, -0.05) is 17.8 Å². The van der Waals surface area contributed by atoms with Crippen molar-refractivity contribution in [2.75, 3.05) is 6.54 Å². The van der Waals surface area contributed by atoms with Crippen molar-refractivity contribution in [1.82, 2.24) is 10.3 Å². The number of amides is 1. The van der Waals surface area contributed by atoms with Gasteiger partial charge in [0.1, 0.15) is 5.03 Å². The third-order valence-corrected chi connectivity index (χ3v) is 4.97. The van der Waals surface area contributed by atoms with E-state index in [1.807, 2.05) is 12.1 Å². The van der Waals surface area contributed by atoms with Gasteiger partial charge in [-0.25, -0.2) is 4.98 Å². The Bertz CT molecular complexity index is 695. The number of nitrogens with one attached hydrogen (secondary N) is 1. The van der Waals surface area contributed by atoms with Gasteiger partial charge < -0.3 is 5.32 Å². The molecular weight excluding hydrogens is 292 g/mol. The molecule has 0 radical (unpaired) electrons. The van der Waals surface area contributed by atoms with Gasteiger partial charge in [0.2, 0.25) is 0 Å². The van der Waals surface area contributed by atoms with Gasteiger partial charge in [0, 0.05) is 17.6 Å². The maximum atomic E-state index is 12.3. The number of carbonyl (C=O) groups excluding carboxylic acids is 1. The molecular formula is C18H20N2OS. The van der Waals surface area contributed by atoms with Crippen molar-refractivity contribution in [3.63, 3.8) is 0 Å². The van der Waals surface area contributed by atoms with Crippen molar-refractivity contribution in [2.45, 2.75) is 36.6 Å². The monoisotopic (exact) mass is 312 g/mol. The summed E-state index contributed by atoms with van der Waals surface area (Å²) in [5.74, 6) is 0.655. The molecule has 1 amide bonds. The Balaban J connectivity index is 1.77. The number of carbonyl (C=O) groups is 1. The standard InChI is InChI=1S/C18H20N2OS/c1-12-5-8-15(10-13(12)2)22-18-16(4-3-9-19-18)17(21)20-11-14-6-7-14/h3-5,8-10,14H,6-7,11H2,1-2H3,(H,20,21). The summed E-state index contributed by atoms with van der Waals surface area (Å²) in [5.41, 5.74) is 3.18. The van der Waals surface area contributed by atoms with E-state index in [-0.39, 0.29) is 5.91 Å². The first-order valence-electron chi connectivity index (χ1n) is 7.62. The lowest BCUT2D eigenvalue weighted by Gasteiger charge is -2.09. The zero-order valence-electron chi connectivity index (χ0n) is 12.9. The molecule has 3 nitrogen and oxygen atoms in total. The van der Waals surface area contributed by atoms with Crippen LogP contribution in [0.3, 0.4) is 0 Å². The summed E-state index contributed by atoms with van der Waals surface area (Å²) >= 11 is 1.54. The number of aromatic nitrogens is 1. The molecule has 114 valence electrons. The topological polar surface area (TPSA) is 42.0 Å². The minimum absolute atomic E-state index is 0.0219. The Kier molecular flexibility index (Phi) is 4.48. The van der Waals surface area contributed by atoms with Crippen LogP contribution in [0.5, 0.6) is 0 Å². The Morgan fingerprint density at radius 1 is 1.27 bits per heavy atom. The van der Waals surface area contributed by atoms with Crippen LogP contribution in [0.4, 0.5) is 0 Å². The Morgan fingerprint density at radius 3 is 2.82 bits per heavy atom. The predicted octanol–water partition coefficient (Wildman–Crippen LogP) is 3.99. The van der Waals surface area contributed by atoms with Gasteiger partial charge >= 0.3 is 0 Å². The molecule has 1 heterocycles. The van der Waals surface area contributed by atoms with Crippen LogP contribution in [0, 0.1) is 19.8 Å². The fourth-order valence-corrected chi connectivity index (χ4v) is 3.17. The zero-order chi connectivity index (χ0) is 15.5. The van der Waals surface area contributed by atoms with Crippen molar-refractivity contribution in [3.8, 4) is 0 Å². The Morgan fingerprint density at radius 2 is 2.09 bits per heavy atom. The lowest BCUT2D eigenvalue weighted by molar-refractivity contribution is 0.0948. The van der Waals surface area contributed by atoms with E-state index in [0.717, 1.165) is 16.5 Å². The van der Waals surface area contributed by atoms with Crippen molar-refractivity contribution >= 4 is 17.7 Å². The highest BCUT2D eigenvalue weighted by atomic mass is 32.2. The maximum Gasteiger partial charge on any atom is 0.254 e. The molecule has 0 saturated heterocycles. The largest absolute Gasteiger partial charge is 0.352 e. The second-order valence-electron chi connectivity index (χ2n) is 5.86. The van der Waals surface area contributed by atoms with Gasteiger partial charge in [0.05, 0.1) is 5.56 Å². The second kappa shape index (κ2) is 6.53. The van der Waals surface area contributed by atoms with E-state index in [1.54, 1.807) is 18.0 Å². The van der Waals surface area contributed by atoms with E-state index in [9.17, 15) is 4.79 Å². The third-order valence-electron chi connectivity index (χ3n) is 3.96. The van der Waals surface area contributed by atoms with Crippen molar-refractivity contribution in [1.29, 1.82) is 0 Å². The number of hydrogen-bond donors (Lipinski definition) is 1. The van der Waals surface area contributed by atoms with Crippen molar-refractivity contribution in [2.24, 2.45) is 5.92 Å². The van der Waals surface area contributed by atoms with Crippen molar-refractivity contribution in [3.05, 3.63) is 53.2 Å². The summed E-state index contributed by atoms with van der Waals surface area (Å²) in [5, 5.41) is 3.78. The number of rotatable bonds is 5. The van der Waals surface area contributed by atoms with Crippen LogP contribution in [-0.2, 0) is 0 Å². The molecule has 2 aromatic rings. The van der Waals surface area contributed by atoms with Gasteiger partial charge in [-0.3, -0.25) is 4.79 Å². The van der Waals surface area contributed by atoms with Crippen LogP contribution in [0.25, 0.3) is 0 Å². The summed E-state index contributed by atoms with van der Waals surface area (Å²) in [6.45, 7) is 4.98. The Hall–Kier alpha value is -1.81. The fraction of sp³-hybridized carbons (Fsp3) is 0.333. The summed E-state index contributed by atoms with van der Waals surface area (Å²) in [6, 6.07) is 9.98. The molecule has 1 aromatic carbocycles. The van der Waals surface area contributed by atoms with Gasteiger partial charge in [0.25, 0.3) is 5.91 Å². The minimum atomic E-state index is -0.0219. The van der Waals surface area contributed by atoms with E-state index in [0.29, 0.717) is 11.5 Å². The first-order chi connectivity index (χ1) is 10.6. The molecule has 1 aliphatic rings. The van der Waals surface area contributed by atoms with Crippen LogP contribution in [0.2, 0.25) is 0 Å². The number of hydrogen-bond acceptors (Lipinski definition) is 3. The normalized spacial score (nSPS) is 13.9. The van der Waals surface area contributed by atoms with Gasteiger partial charge in [-0.2, -0.15) is 0 Å². The second-order valence-corrected chi connectivity index (χ2v) is 6.92. The first-order valence-corrected chi connectivity index (χ1v) is 8.43. The highest BCUT2D eigenvalue weighted by Gasteiger charge is 2.22. The number of pyridine rings is 1. The zero-order valence-corrected chi connectivity index (χ0v) is 13.7. The summed E-state index contributed by atoms with van der Waals surface area (Å²) in [6.07, 6.45) is 4.20. The number of aryl methyl sites for hydroxylation is 2. The summed E-state index contributed by atoms with van der Waals surface area (Å²) in [7, 11) is 0. The molecule has 0 aliphatic heterocycles. The number of benzene rings is 1. The molecule has 1 N–H and O–H groups in total. The predicted molar refractivity (Wildman–Crippen MR) is 89.3 cm³/mol. The lowest BCUT2D eigenvalue weighted by Crippen LogP contribution is -2.26. The molecule has 3 rings (SSSR count). The summed E-state index contributed by atoms with van der Waals surface area (Å²) in [4.78, 5) is 17.8. The quantitative estimate of drug-likeness (QED) is 0.907. The van der Waals surface area contributed by atoms with E-state index in [1.165, 1.54) is 24.0 Å². The summed E-state index contributed by atoms with van der Waals surface area (Å²) < 4.78 is 0. The molecule has 1 fully saturated rings. The molecule has 0 bridgehead atoms.